The minimum Gasteiger partial charge on any atom is -0.481 e. The van der Waals surface area contributed by atoms with Crippen LogP contribution in [0.25, 0.3) is 5.69 Å². The van der Waals surface area contributed by atoms with Gasteiger partial charge in [-0.2, -0.15) is 5.10 Å². The van der Waals surface area contributed by atoms with Crippen molar-refractivity contribution in [2.24, 2.45) is 0 Å². The van der Waals surface area contributed by atoms with Crippen molar-refractivity contribution < 1.29 is 19.6 Å². The maximum atomic E-state index is 12.6. The van der Waals surface area contributed by atoms with E-state index in [2.05, 4.69) is 5.10 Å². The van der Waals surface area contributed by atoms with Crippen LogP contribution in [0.3, 0.4) is 0 Å². The molecule has 1 N–H and O–H groups in total. The summed E-state index contributed by atoms with van der Waals surface area (Å²) in [7, 11) is 0. The SMILES string of the molecule is CC(C)N(CCC(=O)O)C(=O)c1cnn(-c2ccc([N+](=O)[O-])cc2)c1. The van der Waals surface area contributed by atoms with Gasteiger partial charge in [0.05, 0.1) is 28.8 Å². The Hall–Kier alpha value is -3.23. The average molecular weight is 346 g/mol. The molecule has 0 fully saturated rings. The zero-order chi connectivity index (χ0) is 18.6. The van der Waals surface area contributed by atoms with Crippen LogP contribution in [0.15, 0.2) is 36.7 Å². The molecule has 0 atom stereocenters. The molecule has 0 radical (unpaired) electrons. The van der Waals surface area contributed by atoms with Crippen LogP contribution >= 0.6 is 0 Å². The van der Waals surface area contributed by atoms with Crippen LogP contribution in [0.4, 0.5) is 5.69 Å². The number of aromatic nitrogens is 2. The minimum atomic E-state index is -0.972. The molecule has 1 amide bonds. The topological polar surface area (TPSA) is 119 Å². The predicted octanol–water partition coefficient (Wildman–Crippen LogP) is 2.11. The summed E-state index contributed by atoms with van der Waals surface area (Å²) in [5.41, 5.74) is 0.857. The van der Waals surface area contributed by atoms with E-state index in [0.29, 0.717) is 11.3 Å². The Morgan fingerprint density at radius 2 is 1.96 bits per heavy atom. The molecule has 0 aliphatic rings. The highest BCUT2D eigenvalue weighted by molar-refractivity contribution is 5.94. The van der Waals surface area contributed by atoms with E-state index in [0.717, 1.165) is 0 Å². The number of carbonyl (C=O) groups excluding carboxylic acids is 1. The molecule has 0 aliphatic carbocycles. The maximum Gasteiger partial charge on any atom is 0.305 e. The van der Waals surface area contributed by atoms with Crippen molar-refractivity contribution in [1.82, 2.24) is 14.7 Å². The maximum absolute atomic E-state index is 12.6. The lowest BCUT2D eigenvalue weighted by molar-refractivity contribution is -0.384. The summed E-state index contributed by atoms with van der Waals surface area (Å²) in [4.78, 5) is 35.0. The summed E-state index contributed by atoms with van der Waals surface area (Å²) >= 11 is 0. The van der Waals surface area contributed by atoms with Crippen molar-refractivity contribution in [3.63, 3.8) is 0 Å². The first kappa shape index (κ1) is 18.1. The lowest BCUT2D eigenvalue weighted by Gasteiger charge is -2.25. The Labute approximate surface area is 143 Å². The molecule has 2 rings (SSSR count). The first-order chi connectivity index (χ1) is 11.8. The number of non-ortho nitro benzene ring substituents is 1. The van der Waals surface area contributed by atoms with E-state index in [1.54, 1.807) is 13.8 Å². The van der Waals surface area contributed by atoms with Crippen molar-refractivity contribution in [3.8, 4) is 5.69 Å². The summed E-state index contributed by atoms with van der Waals surface area (Å²) in [5, 5.41) is 23.6. The Kier molecular flexibility index (Phi) is 5.48. The van der Waals surface area contributed by atoms with Crippen molar-refractivity contribution in [1.29, 1.82) is 0 Å². The molecule has 1 aromatic carbocycles. The Morgan fingerprint density at radius 3 is 2.48 bits per heavy atom. The van der Waals surface area contributed by atoms with Crippen molar-refractivity contribution in [3.05, 3.63) is 52.3 Å². The van der Waals surface area contributed by atoms with Crippen molar-refractivity contribution >= 4 is 17.6 Å². The second kappa shape index (κ2) is 7.56. The van der Waals surface area contributed by atoms with E-state index in [-0.39, 0.29) is 30.6 Å². The third kappa shape index (κ3) is 4.40. The number of hydrogen-bond donors (Lipinski definition) is 1. The first-order valence-electron chi connectivity index (χ1n) is 7.62. The Morgan fingerprint density at radius 1 is 1.32 bits per heavy atom. The molecule has 132 valence electrons. The van der Waals surface area contributed by atoms with Crippen LogP contribution in [0, 0.1) is 10.1 Å². The van der Waals surface area contributed by atoms with E-state index in [1.165, 1.54) is 46.2 Å². The normalized spacial score (nSPS) is 10.7. The van der Waals surface area contributed by atoms with Crippen LogP contribution in [-0.4, -0.2) is 49.2 Å². The van der Waals surface area contributed by atoms with E-state index in [9.17, 15) is 19.7 Å². The number of rotatable bonds is 7. The van der Waals surface area contributed by atoms with Crippen LogP contribution in [0.1, 0.15) is 30.6 Å². The Bertz CT molecular complexity index is 782. The smallest absolute Gasteiger partial charge is 0.305 e. The molecule has 25 heavy (non-hydrogen) atoms. The highest BCUT2D eigenvalue weighted by Gasteiger charge is 2.21. The van der Waals surface area contributed by atoms with Gasteiger partial charge in [0.1, 0.15) is 0 Å². The largest absolute Gasteiger partial charge is 0.481 e. The van der Waals surface area contributed by atoms with Gasteiger partial charge < -0.3 is 10.0 Å². The number of nitrogens with zero attached hydrogens (tertiary/aromatic N) is 4. The van der Waals surface area contributed by atoms with Gasteiger partial charge in [0.2, 0.25) is 0 Å². The van der Waals surface area contributed by atoms with Gasteiger partial charge in [0, 0.05) is 30.9 Å². The fourth-order valence-electron chi connectivity index (χ4n) is 2.28. The molecule has 0 bridgehead atoms. The molecular formula is C16H18N4O5. The second-order valence-corrected chi connectivity index (χ2v) is 5.68. The molecule has 2 aromatic rings. The third-order valence-corrected chi connectivity index (χ3v) is 3.61. The molecule has 0 unspecified atom stereocenters. The molecule has 0 spiro atoms. The number of nitro benzene ring substituents is 1. The third-order valence-electron chi connectivity index (χ3n) is 3.61. The lowest BCUT2D eigenvalue weighted by Crippen LogP contribution is -2.38. The summed E-state index contributed by atoms with van der Waals surface area (Å²) in [6.07, 6.45) is 2.76. The van der Waals surface area contributed by atoms with Gasteiger partial charge in [-0.05, 0) is 26.0 Å². The van der Waals surface area contributed by atoms with E-state index in [4.69, 9.17) is 5.11 Å². The molecule has 0 saturated heterocycles. The van der Waals surface area contributed by atoms with Crippen LogP contribution < -0.4 is 0 Å². The summed E-state index contributed by atoms with van der Waals surface area (Å²) in [5.74, 6) is -1.29. The first-order valence-corrected chi connectivity index (χ1v) is 7.62. The van der Waals surface area contributed by atoms with E-state index < -0.39 is 10.9 Å². The number of amides is 1. The van der Waals surface area contributed by atoms with E-state index >= 15 is 0 Å². The summed E-state index contributed by atoms with van der Waals surface area (Å²) in [6.45, 7) is 3.72. The number of carbonyl (C=O) groups is 2. The zero-order valence-electron chi connectivity index (χ0n) is 13.8. The molecule has 0 saturated carbocycles. The second-order valence-electron chi connectivity index (χ2n) is 5.68. The minimum absolute atomic E-state index is 0.0353. The summed E-state index contributed by atoms with van der Waals surface area (Å²) < 4.78 is 1.44. The molecule has 9 heteroatoms. The number of nitro groups is 1. The predicted molar refractivity (Wildman–Crippen MR) is 88.6 cm³/mol. The van der Waals surface area contributed by atoms with Crippen LogP contribution in [0.5, 0.6) is 0 Å². The molecule has 1 heterocycles. The molecule has 1 aromatic heterocycles. The molecule has 0 aliphatic heterocycles. The standard InChI is InChI=1S/C16H18N4O5/c1-11(2)18(8-7-15(21)22)16(23)12-9-17-19(10-12)13-3-5-14(6-4-13)20(24)25/h3-6,9-11H,7-8H2,1-2H3,(H,21,22). The lowest BCUT2D eigenvalue weighted by atomic mass is 10.2. The van der Waals surface area contributed by atoms with Gasteiger partial charge in [0.25, 0.3) is 11.6 Å². The van der Waals surface area contributed by atoms with Gasteiger partial charge in [-0.1, -0.05) is 0 Å². The van der Waals surface area contributed by atoms with Gasteiger partial charge in [-0.3, -0.25) is 19.7 Å². The highest BCUT2D eigenvalue weighted by atomic mass is 16.6. The van der Waals surface area contributed by atoms with Gasteiger partial charge >= 0.3 is 5.97 Å². The fourth-order valence-corrected chi connectivity index (χ4v) is 2.28. The number of hydrogen-bond acceptors (Lipinski definition) is 5. The van der Waals surface area contributed by atoms with Crippen molar-refractivity contribution in [2.75, 3.05) is 6.54 Å². The number of aliphatic carboxylic acids is 1. The average Bonchev–Trinajstić information content (AvgIpc) is 3.04. The van der Waals surface area contributed by atoms with Gasteiger partial charge in [-0.25, -0.2) is 4.68 Å². The quantitative estimate of drug-likeness (QED) is 0.606. The zero-order valence-corrected chi connectivity index (χ0v) is 13.8. The fraction of sp³-hybridized carbons (Fsp3) is 0.312. The van der Waals surface area contributed by atoms with Gasteiger partial charge in [0.15, 0.2) is 0 Å². The van der Waals surface area contributed by atoms with Crippen LogP contribution in [0.2, 0.25) is 0 Å². The van der Waals surface area contributed by atoms with Crippen LogP contribution in [-0.2, 0) is 4.79 Å². The highest BCUT2D eigenvalue weighted by Crippen LogP contribution is 2.16. The molecular weight excluding hydrogens is 328 g/mol. The monoisotopic (exact) mass is 346 g/mol. The van der Waals surface area contributed by atoms with Crippen molar-refractivity contribution in [2.45, 2.75) is 26.3 Å². The number of carboxylic acid groups (broad SMARTS) is 1. The summed E-state index contributed by atoms with van der Waals surface area (Å²) in [6, 6.07) is 5.61. The number of benzene rings is 1. The number of carboxylic acids is 1. The van der Waals surface area contributed by atoms with E-state index in [1.807, 2.05) is 0 Å². The Balaban J connectivity index is 2.19. The molecule has 9 nitrogen and oxygen atoms in total. The van der Waals surface area contributed by atoms with Gasteiger partial charge in [-0.15, -0.1) is 0 Å².